The van der Waals surface area contributed by atoms with Gasteiger partial charge in [0.15, 0.2) is 11.3 Å². The van der Waals surface area contributed by atoms with E-state index in [1.165, 1.54) is 36.5 Å². The average Bonchev–Trinajstić information content (AvgIpc) is 3.77. The molecule has 0 unspecified atom stereocenters. The summed E-state index contributed by atoms with van der Waals surface area (Å²) in [6.07, 6.45) is 1.32. The Morgan fingerprint density at radius 3 is 1.48 bits per heavy atom. The summed E-state index contributed by atoms with van der Waals surface area (Å²) in [4.78, 5) is 39.7. The van der Waals surface area contributed by atoms with Crippen LogP contribution in [0, 0.1) is 0 Å². The first kappa shape index (κ1) is 45.9. The van der Waals surface area contributed by atoms with E-state index in [0.29, 0.717) is 59.8 Å². The molecule has 0 aliphatic carbocycles. The van der Waals surface area contributed by atoms with E-state index in [0.717, 1.165) is 34.7 Å². The van der Waals surface area contributed by atoms with E-state index in [1.807, 2.05) is 74.5 Å². The summed E-state index contributed by atoms with van der Waals surface area (Å²) < 4.78 is 32.6. The van der Waals surface area contributed by atoms with Gasteiger partial charge in [0.2, 0.25) is 11.9 Å². The highest BCUT2D eigenvalue weighted by Gasteiger charge is 2.27. The first-order valence-electron chi connectivity index (χ1n) is 20.3. The second kappa shape index (κ2) is 18.7. The Kier molecular flexibility index (Phi) is 13.0. The molecule has 0 spiro atoms. The maximum Gasteiger partial charge on any atom is 0.353 e. The molecule has 2 N–H and O–H groups in total. The molecule has 19 heteroatoms. The van der Waals surface area contributed by atoms with Gasteiger partial charge in [-0.25, -0.2) is 37.7 Å². The Morgan fingerprint density at radius 1 is 0.621 bits per heavy atom. The molecule has 66 heavy (non-hydrogen) atoms. The number of halogens is 6. The molecule has 0 bridgehead atoms. The van der Waals surface area contributed by atoms with Gasteiger partial charge in [-0.15, -0.1) is 10.2 Å². The zero-order chi connectivity index (χ0) is 47.0. The van der Waals surface area contributed by atoms with Crippen LogP contribution < -0.4 is 22.0 Å². The standard InChI is InChI=1S/C26H20Cl2F2N6O.C21H19Cl2N5O/c1-26(29,30)20-12-3-15(13-32-20)14-35-25(37)36-23(34-35)21(16-4-8-18(27)9-5-16)22(33-24(36)31-2)17-6-10-19(28)11-7-17;1-12(2)24-20-25-18(14-6-10-16(23)11-7-14)17(13-4-8-15(22)9-5-13)19-26-27(3)21(29)28(19)20/h3-13H,14H2,1-2H3,(H,31,33);4-12H,1-3H3,(H,24,25). The van der Waals surface area contributed by atoms with Crippen molar-refractivity contribution < 1.29 is 8.78 Å². The largest absolute Gasteiger partial charge is 0.358 e. The minimum atomic E-state index is -3.06. The van der Waals surface area contributed by atoms with Gasteiger partial charge in [-0.05, 0) is 85.1 Å². The SMILES string of the molecule is CC(C)Nc1nc(-c2ccc(Cl)cc2)c(-c2ccc(Cl)cc2)c2nn(C)c(=O)n12.CNc1nc(-c2ccc(Cl)cc2)c(-c2ccc(Cl)cc2)c2nn(Cc3ccc(C(C)(F)F)nc3)c(=O)n12. The number of anilines is 2. The summed E-state index contributed by atoms with van der Waals surface area (Å²) in [5.41, 5.74) is 6.26. The lowest BCUT2D eigenvalue weighted by Gasteiger charge is -2.16. The van der Waals surface area contributed by atoms with Crippen LogP contribution in [0.1, 0.15) is 32.0 Å². The summed E-state index contributed by atoms with van der Waals surface area (Å²) in [5, 5.41) is 17.8. The quantitative estimate of drug-likeness (QED) is 0.137. The lowest BCUT2D eigenvalue weighted by Crippen LogP contribution is -2.23. The van der Waals surface area contributed by atoms with E-state index >= 15 is 0 Å². The summed E-state index contributed by atoms with van der Waals surface area (Å²) in [6.45, 7) is 4.79. The lowest BCUT2D eigenvalue weighted by molar-refractivity contribution is 0.0127. The second-order valence-electron chi connectivity index (χ2n) is 15.5. The van der Waals surface area contributed by atoms with Crippen molar-refractivity contribution in [3.05, 3.63) is 168 Å². The number of alkyl halides is 2. The molecule has 13 nitrogen and oxygen atoms in total. The molecule has 4 aromatic carbocycles. The molecule has 0 radical (unpaired) electrons. The molecule has 9 rings (SSSR count). The Bertz CT molecular complexity index is 3330. The van der Waals surface area contributed by atoms with Crippen molar-refractivity contribution in [2.24, 2.45) is 7.05 Å². The first-order chi connectivity index (χ1) is 31.5. The van der Waals surface area contributed by atoms with Crippen molar-refractivity contribution in [2.45, 2.75) is 39.3 Å². The summed E-state index contributed by atoms with van der Waals surface area (Å²) in [5.74, 6) is -2.33. The maximum atomic E-state index is 13.6. The lowest BCUT2D eigenvalue weighted by atomic mass is 10.00. The van der Waals surface area contributed by atoms with Crippen LogP contribution in [-0.4, -0.2) is 56.4 Å². The number of aromatic nitrogens is 9. The fraction of sp³-hybridized carbons (Fsp3) is 0.170. The number of nitrogens with one attached hydrogen (secondary N) is 2. The van der Waals surface area contributed by atoms with Gasteiger partial charge in [-0.3, -0.25) is 4.98 Å². The maximum absolute atomic E-state index is 13.6. The molecule has 5 heterocycles. The average molecular weight is 970 g/mol. The van der Waals surface area contributed by atoms with Gasteiger partial charge in [0.05, 0.1) is 29.1 Å². The molecule has 0 saturated heterocycles. The molecular weight excluding hydrogens is 930 g/mol. The van der Waals surface area contributed by atoms with Gasteiger partial charge in [-0.1, -0.05) is 101 Å². The number of fused-ring (bicyclic) bond motifs is 2. The van der Waals surface area contributed by atoms with Crippen molar-refractivity contribution in [2.75, 3.05) is 17.7 Å². The van der Waals surface area contributed by atoms with E-state index in [1.54, 1.807) is 50.5 Å². The van der Waals surface area contributed by atoms with Gasteiger partial charge in [0, 0.05) is 64.5 Å². The Morgan fingerprint density at radius 2 is 1.06 bits per heavy atom. The normalized spacial score (nSPS) is 11.6. The number of pyridine rings is 1. The topological polar surface area (TPSA) is 141 Å². The van der Waals surface area contributed by atoms with Gasteiger partial charge >= 0.3 is 11.4 Å². The minimum Gasteiger partial charge on any atom is -0.358 e. The number of hydrogen-bond donors (Lipinski definition) is 2. The summed E-state index contributed by atoms with van der Waals surface area (Å²) in [7, 11) is 3.29. The van der Waals surface area contributed by atoms with Crippen LogP contribution in [0.5, 0.6) is 0 Å². The number of hydrogen-bond acceptors (Lipinski definition) is 9. The van der Waals surface area contributed by atoms with Crippen molar-refractivity contribution in [1.29, 1.82) is 0 Å². The van der Waals surface area contributed by atoms with E-state index in [4.69, 9.17) is 56.4 Å². The van der Waals surface area contributed by atoms with Gasteiger partial charge in [0.1, 0.15) is 5.69 Å². The zero-order valence-electron chi connectivity index (χ0n) is 35.9. The molecule has 336 valence electrons. The van der Waals surface area contributed by atoms with Gasteiger partial charge in [-0.2, -0.15) is 8.78 Å². The van der Waals surface area contributed by atoms with Crippen molar-refractivity contribution in [3.63, 3.8) is 0 Å². The third-order valence-electron chi connectivity index (χ3n) is 10.3. The van der Waals surface area contributed by atoms with Crippen LogP contribution >= 0.6 is 46.4 Å². The Labute approximate surface area is 396 Å². The third kappa shape index (κ3) is 9.38. The number of nitrogens with zero attached hydrogens (tertiary/aromatic N) is 9. The predicted octanol–water partition coefficient (Wildman–Crippen LogP) is 11.0. The summed E-state index contributed by atoms with van der Waals surface area (Å²) in [6, 6.07) is 32.0. The number of aryl methyl sites for hydroxylation is 1. The van der Waals surface area contributed by atoms with Crippen LogP contribution in [0.2, 0.25) is 20.1 Å². The molecule has 0 atom stereocenters. The predicted molar refractivity (Wildman–Crippen MR) is 258 cm³/mol. The van der Waals surface area contributed by atoms with Crippen LogP contribution in [0.4, 0.5) is 20.7 Å². The first-order valence-corrected chi connectivity index (χ1v) is 21.9. The zero-order valence-corrected chi connectivity index (χ0v) is 38.9. The van der Waals surface area contributed by atoms with E-state index in [2.05, 4.69) is 25.8 Å². The highest BCUT2D eigenvalue weighted by Crippen LogP contribution is 2.38. The molecule has 9 aromatic rings. The van der Waals surface area contributed by atoms with Gasteiger partial charge in [0.25, 0.3) is 5.92 Å². The number of benzene rings is 4. The van der Waals surface area contributed by atoms with Crippen LogP contribution in [0.25, 0.3) is 56.1 Å². The minimum absolute atomic E-state index is 0.0303. The van der Waals surface area contributed by atoms with Crippen molar-refractivity contribution in [3.8, 4) is 44.8 Å². The summed E-state index contributed by atoms with van der Waals surface area (Å²) >= 11 is 24.4. The van der Waals surface area contributed by atoms with Crippen LogP contribution in [-0.2, 0) is 19.5 Å². The fourth-order valence-corrected chi connectivity index (χ4v) is 7.69. The molecular formula is C47H39Cl4F2N11O2. The second-order valence-corrected chi connectivity index (χ2v) is 17.2. The van der Waals surface area contributed by atoms with Gasteiger partial charge < -0.3 is 10.6 Å². The van der Waals surface area contributed by atoms with E-state index in [-0.39, 0.29) is 29.9 Å². The van der Waals surface area contributed by atoms with Crippen LogP contribution in [0.15, 0.2) is 125 Å². The molecule has 0 aliphatic rings. The highest BCUT2D eigenvalue weighted by atomic mass is 35.5. The molecule has 0 aliphatic heterocycles. The van der Waals surface area contributed by atoms with Crippen molar-refractivity contribution in [1.82, 2.24) is 43.3 Å². The third-order valence-corrected chi connectivity index (χ3v) is 11.3. The molecule has 0 amide bonds. The molecule has 0 fully saturated rings. The fourth-order valence-electron chi connectivity index (χ4n) is 7.19. The Hall–Kier alpha value is -6.65. The number of rotatable bonds is 10. The molecule has 0 saturated carbocycles. The van der Waals surface area contributed by atoms with E-state index < -0.39 is 11.6 Å². The Balaban J connectivity index is 0.000000185. The van der Waals surface area contributed by atoms with E-state index in [9.17, 15) is 18.4 Å². The highest BCUT2D eigenvalue weighted by molar-refractivity contribution is 6.31. The smallest absolute Gasteiger partial charge is 0.353 e. The van der Waals surface area contributed by atoms with Crippen LogP contribution in [0.3, 0.4) is 0 Å². The molecule has 5 aromatic heterocycles. The van der Waals surface area contributed by atoms with Crippen molar-refractivity contribution >= 4 is 69.6 Å². The monoisotopic (exact) mass is 967 g/mol.